The van der Waals surface area contributed by atoms with Gasteiger partial charge in [-0.3, -0.25) is 0 Å². The van der Waals surface area contributed by atoms with Gasteiger partial charge in [0.05, 0.1) is 14.2 Å². The number of methoxy groups -OCH3 is 2. The molecule has 7 heteroatoms. The molecule has 1 aliphatic heterocycles. The molecule has 1 aliphatic rings. The van der Waals surface area contributed by atoms with E-state index in [4.69, 9.17) is 9.47 Å². The van der Waals surface area contributed by atoms with E-state index in [2.05, 4.69) is 33.6 Å². The second-order valence-electron chi connectivity index (χ2n) is 6.00. The first-order valence-corrected chi connectivity index (χ1v) is 9.72. The topological polar surface area (TPSA) is 61.2 Å². The van der Waals surface area contributed by atoms with E-state index in [0.717, 1.165) is 27.9 Å². The standard InChI is InChI=1S/C20H20N4O2S/c1-25-17-10-9-14(11-18(17)26-2)16-12-15(13-7-5-4-6-8-13)21-19-22-20(27-3)23-24(16)19/h4-12,16H,1-3H3,(H,21,22,23). The number of allylic oxidation sites excluding steroid dienone is 1. The summed E-state index contributed by atoms with van der Waals surface area (Å²) < 4.78 is 12.8. The van der Waals surface area contributed by atoms with Crippen molar-refractivity contribution in [2.24, 2.45) is 0 Å². The molecule has 1 atom stereocenters. The van der Waals surface area contributed by atoms with Gasteiger partial charge in [0.15, 0.2) is 11.5 Å². The van der Waals surface area contributed by atoms with E-state index >= 15 is 0 Å². The van der Waals surface area contributed by atoms with Crippen molar-refractivity contribution in [2.75, 3.05) is 25.8 Å². The molecule has 1 aromatic heterocycles. The SMILES string of the molecule is COc1ccc(C2C=C(c3ccccc3)Nc3nc(SC)nn32)cc1OC. The Balaban J connectivity index is 1.83. The van der Waals surface area contributed by atoms with Gasteiger partial charge in [-0.05, 0) is 35.6 Å². The van der Waals surface area contributed by atoms with Crippen molar-refractivity contribution >= 4 is 23.4 Å². The fourth-order valence-corrected chi connectivity index (χ4v) is 3.47. The summed E-state index contributed by atoms with van der Waals surface area (Å²) in [4.78, 5) is 4.60. The van der Waals surface area contributed by atoms with Gasteiger partial charge in [0, 0.05) is 5.70 Å². The monoisotopic (exact) mass is 380 g/mol. The molecule has 4 rings (SSSR count). The lowest BCUT2D eigenvalue weighted by atomic mass is 10.0. The number of benzene rings is 2. The van der Waals surface area contributed by atoms with Gasteiger partial charge in [0.1, 0.15) is 6.04 Å². The third kappa shape index (κ3) is 3.26. The molecule has 0 saturated heterocycles. The quantitative estimate of drug-likeness (QED) is 0.673. The Labute approximate surface area is 162 Å². The Morgan fingerprint density at radius 2 is 1.81 bits per heavy atom. The van der Waals surface area contributed by atoms with Crippen LogP contribution in [0.3, 0.4) is 0 Å². The number of nitrogens with one attached hydrogen (secondary N) is 1. The summed E-state index contributed by atoms with van der Waals surface area (Å²) in [6.45, 7) is 0. The van der Waals surface area contributed by atoms with Crippen molar-refractivity contribution in [3.05, 3.63) is 65.7 Å². The van der Waals surface area contributed by atoms with Crippen molar-refractivity contribution < 1.29 is 9.47 Å². The average Bonchev–Trinajstić information content (AvgIpc) is 3.16. The van der Waals surface area contributed by atoms with Gasteiger partial charge in [-0.2, -0.15) is 4.98 Å². The molecule has 0 fully saturated rings. The van der Waals surface area contributed by atoms with Crippen molar-refractivity contribution in [3.8, 4) is 11.5 Å². The predicted octanol–water partition coefficient (Wildman–Crippen LogP) is 4.07. The molecule has 1 N–H and O–H groups in total. The van der Waals surface area contributed by atoms with Crippen LogP contribution < -0.4 is 14.8 Å². The van der Waals surface area contributed by atoms with Crippen LogP contribution in [0.1, 0.15) is 17.2 Å². The van der Waals surface area contributed by atoms with E-state index in [1.54, 1.807) is 14.2 Å². The highest BCUT2D eigenvalue weighted by Gasteiger charge is 2.26. The van der Waals surface area contributed by atoms with E-state index in [9.17, 15) is 0 Å². The van der Waals surface area contributed by atoms with E-state index in [0.29, 0.717) is 11.5 Å². The number of hydrogen-bond acceptors (Lipinski definition) is 6. The van der Waals surface area contributed by atoms with E-state index < -0.39 is 0 Å². The van der Waals surface area contributed by atoms with Crippen LogP contribution in [-0.4, -0.2) is 35.2 Å². The minimum absolute atomic E-state index is 0.107. The van der Waals surface area contributed by atoms with Gasteiger partial charge in [-0.25, -0.2) is 4.68 Å². The number of hydrogen-bond donors (Lipinski definition) is 1. The van der Waals surface area contributed by atoms with Crippen LogP contribution >= 0.6 is 11.8 Å². The van der Waals surface area contributed by atoms with Crippen LogP contribution in [0.4, 0.5) is 5.95 Å². The summed E-state index contributed by atoms with van der Waals surface area (Å²) >= 11 is 1.52. The van der Waals surface area contributed by atoms with Crippen LogP contribution in [-0.2, 0) is 0 Å². The smallest absolute Gasteiger partial charge is 0.227 e. The summed E-state index contributed by atoms with van der Waals surface area (Å²) in [7, 11) is 3.28. The molecular formula is C20H20N4O2S. The summed E-state index contributed by atoms with van der Waals surface area (Å²) in [6.07, 6.45) is 4.13. The molecule has 0 saturated carbocycles. The second-order valence-corrected chi connectivity index (χ2v) is 6.77. The molecule has 138 valence electrons. The normalized spacial score (nSPS) is 15.5. The number of anilines is 1. The summed E-state index contributed by atoms with van der Waals surface area (Å²) in [5.74, 6) is 2.11. The minimum atomic E-state index is -0.107. The van der Waals surface area contributed by atoms with Gasteiger partial charge in [-0.15, -0.1) is 5.10 Å². The molecule has 3 aromatic rings. The lowest BCUT2D eigenvalue weighted by Gasteiger charge is -2.25. The van der Waals surface area contributed by atoms with Gasteiger partial charge < -0.3 is 14.8 Å². The Bertz CT molecular complexity index is 985. The molecule has 0 bridgehead atoms. The molecule has 0 amide bonds. The van der Waals surface area contributed by atoms with Crippen molar-refractivity contribution in [2.45, 2.75) is 11.2 Å². The highest BCUT2D eigenvalue weighted by molar-refractivity contribution is 7.98. The molecular weight excluding hydrogens is 360 g/mol. The van der Waals surface area contributed by atoms with E-state index in [-0.39, 0.29) is 6.04 Å². The Hall–Kier alpha value is -2.93. The summed E-state index contributed by atoms with van der Waals surface area (Å²) in [5.41, 5.74) is 3.15. The molecule has 27 heavy (non-hydrogen) atoms. The summed E-state index contributed by atoms with van der Waals surface area (Å²) in [6, 6.07) is 16.0. The van der Waals surface area contributed by atoms with Gasteiger partial charge >= 0.3 is 0 Å². The maximum Gasteiger partial charge on any atom is 0.227 e. The molecule has 0 aliphatic carbocycles. The van der Waals surface area contributed by atoms with Gasteiger partial charge in [0.2, 0.25) is 11.1 Å². The average molecular weight is 380 g/mol. The van der Waals surface area contributed by atoms with Gasteiger partial charge in [-0.1, -0.05) is 48.2 Å². The Kier molecular flexibility index (Phi) is 4.77. The van der Waals surface area contributed by atoms with Crippen LogP contribution in [0.15, 0.2) is 59.8 Å². The highest BCUT2D eigenvalue weighted by Crippen LogP contribution is 2.37. The molecule has 0 spiro atoms. The second kappa shape index (κ2) is 7.36. The minimum Gasteiger partial charge on any atom is -0.493 e. The van der Waals surface area contributed by atoms with Crippen LogP contribution in [0.5, 0.6) is 11.5 Å². The Morgan fingerprint density at radius 3 is 2.52 bits per heavy atom. The first-order valence-electron chi connectivity index (χ1n) is 8.50. The van der Waals surface area contributed by atoms with Crippen molar-refractivity contribution in [3.63, 3.8) is 0 Å². The number of fused-ring (bicyclic) bond motifs is 1. The van der Waals surface area contributed by atoms with Crippen LogP contribution in [0.2, 0.25) is 0 Å². The van der Waals surface area contributed by atoms with Gasteiger partial charge in [0.25, 0.3) is 0 Å². The maximum atomic E-state index is 5.48. The number of ether oxygens (including phenoxy) is 2. The zero-order valence-electron chi connectivity index (χ0n) is 15.3. The third-order valence-electron chi connectivity index (χ3n) is 4.46. The fourth-order valence-electron chi connectivity index (χ4n) is 3.12. The van der Waals surface area contributed by atoms with Crippen molar-refractivity contribution in [1.29, 1.82) is 0 Å². The molecule has 6 nitrogen and oxygen atoms in total. The molecule has 2 heterocycles. The first kappa shape index (κ1) is 17.5. The number of nitrogens with zero attached hydrogens (tertiary/aromatic N) is 3. The first-order chi connectivity index (χ1) is 13.2. The highest BCUT2D eigenvalue weighted by atomic mass is 32.2. The van der Waals surface area contributed by atoms with E-state index in [1.165, 1.54) is 11.8 Å². The lowest BCUT2D eigenvalue weighted by molar-refractivity contribution is 0.354. The maximum absolute atomic E-state index is 5.48. The number of rotatable bonds is 5. The molecule has 1 unspecified atom stereocenters. The fraction of sp³-hybridized carbons (Fsp3) is 0.200. The lowest BCUT2D eigenvalue weighted by Crippen LogP contribution is -2.20. The van der Waals surface area contributed by atoms with Crippen LogP contribution in [0, 0.1) is 0 Å². The molecule has 2 aromatic carbocycles. The Morgan fingerprint density at radius 1 is 1.04 bits per heavy atom. The zero-order valence-corrected chi connectivity index (χ0v) is 16.2. The number of aromatic nitrogens is 3. The third-order valence-corrected chi connectivity index (χ3v) is 5.00. The largest absolute Gasteiger partial charge is 0.493 e. The number of thioether (sulfide) groups is 1. The molecule has 0 radical (unpaired) electrons. The zero-order chi connectivity index (χ0) is 18.8. The predicted molar refractivity (Wildman–Crippen MR) is 108 cm³/mol. The summed E-state index contributed by atoms with van der Waals surface area (Å²) in [5, 5.41) is 8.77. The van der Waals surface area contributed by atoms with Crippen molar-refractivity contribution in [1.82, 2.24) is 14.8 Å². The van der Waals surface area contributed by atoms with Crippen LogP contribution in [0.25, 0.3) is 5.70 Å². The van der Waals surface area contributed by atoms with E-state index in [1.807, 2.05) is 47.3 Å².